The van der Waals surface area contributed by atoms with Gasteiger partial charge in [-0.25, -0.2) is 0 Å². The van der Waals surface area contributed by atoms with Gasteiger partial charge in [-0.2, -0.15) is 0 Å². The minimum absolute atomic E-state index is 0.427. The minimum Gasteiger partial charge on any atom is -0.312 e. The van der Waals surface area contributed by atoms with Crippen molar-refractivity contribution in [1.29, 1.82) is 0 Å². The minimum atomic E-state index is 0.427. The highest BCUT2D eigenvalue weighted by atomic mass is 15.2. The highest BCUT2D eigenvalue weighted by Crippen LogP contribution is 2.28. The van der Waals surface area contributed by atoms with E-state index in [1.165, 1.54) is 43.5 Å². The second kappa shape index (κ2) is 7.95. The third kappa shape index (κ3) is 4.08. The zero-order chi connectivity index (χ0) is 15.2. The molecule has 1 aromatic rings. The largest absolute Gasteiger partial charge is 0.312 e. The molecule has 1 saturated heterocycles. The van der Waals surface area contributed by atoms with Crippen LogP contribution in [-0.4, -0.2) is 31.1 Å². The standard InChI is InChI=1S/C19H32N2/c1-5-7-17-12-13-21(14-17)15(3)19(20-4)18-10-8-16(6-2)9-11-18/h8-11,15,17,19-20H,5-7,12-14H2,1-4H3. The first-order chi connectivity index (χ1) is 10.2. The number of hydrogen-bond acceptors (Lipinski definition) is 2. The molecule has 0 bridgehead atoms. The summed E-state index contributed by atoms with van der Waals surface area (Å²) in [6.07, 6.45) is 5.20. The smallest absolute Gasteiger partial charge is 0.0473 e. The molecule has 118 valence electrons. The highest BCUT2D eigenvalue weighted by molar-refractivity contribution is 5.26. The first-order valence-electron chi connectivity index (χ1n) is 8.69. The number of benzene rings is 1. The van der Waals surface area contributed by atoms with Crippen molar-refractivity contribution < 1.29 is 0 Å². The van der Waals surface area contributed by atoms with E-state index in [0.29, 0.717) is 12.1 Å². The number of hydrogen-bond donors (Lipinski definition) is 1. The Labute approximate surface area is 130 Å². The van der Waals surface area contributed by atoms with E-state index < -0.39 is 0 Å². The van der Waals surface area contributed by atoms with Crippen molar-refractivity contribution in [3.63, 3.8) is 0 Å². The first-order valence-corrected chi connectivity index (χ1v) is 8.69. The van der Waals surface area contributed by atoms with Crippen LogP contribution in [0.3, 0.4) is 0 Å². The maximum Gasteiger partial charge on any atom is 0.0473 e. The summed E-state index contributed by atoms with van der Waals surface area (Å²) in [6, 6.07) is 10.1. The van der Waals surface area contributed by atoms with Gasteiger partial charge in [-0.15, -0.1) is 0 Å². The van der Waals surface area contributed by atoms with Gasteiger partial charge in [0.1, 0.15) is 0 Å². The molecule has 1 heterocycles. The fraction of sp³-hybridized carbons (Fsp3) is 0.684. The van der Waals surface area contributed by atoms with Gasteiger partial charge < -0.3 is 5.32 Å². The van der Waals surface area contributed by atoms with E-state index in [1.54, 1.807) is 0 Å². The van der Waals surface area contributed by atoms with Gasteiger partial charge in [-0.05, 0) is 56.8 Å². The molecule has 0 amide bonds. The van der Waals surface area contributed by atoms with Gasteiger partial charge in [0.2, 0.25) is 0 Å². The van der Waals surface area contributed by atoms with Gasteiger partial charge in [0.15, 0.2) is 0 Å². The Morgan fingerprint density at radius 3 is 2.52 bits per heavy atom. The molecule has 0 spiro atoms. The van der Waals surface area contributed by atoms with E-state index in [9.17, 15) is 0 Å². The third-order valence-electron chi connectivity index (χ3n) is 5.13. The summed E-state index contributed by atoms with van der Waals surface area (Å²) in [5, 5.41) is 3.54. The van der Waals surface area contributed by atoms with Crippen molar-refractivity contribution in [1.82, 2.24) is 10.2 Å². The van der Waals surface area contributed by atoms with Crippen molar-refractivity contribution in [3.8, 4) is 0 Å². The van der Waals surface area contributed by atoms with Crippen LogP contribution in [0.4, 0.5) is 0 Å². The van der Waals surface area contributed by atoms with E-state index in [2.05, 4.69) is 62.3 Å². The summed E-state index contributed by atoms with van der Waals surface area (Å²) in [7, 11) is 2.09. The summed E-state index contributed by atoms with van der Waals surface area (Å²) in [5.74, 6) is 0.914. The Morgan fingerprint density at radius 1 is 1.24 bits per heavy atom. The molecule has 1 aromatic carbocycles. The summed E-state index contributed by atoms with van der Waals surface area (Å²) >= 11 is 0. The van der Waals surface area contributed by atoms with Crippen LogP contribution in [-0.2, 0) is 6.42 Å². The molecule has 21 heavy (non-hydrogen) atoms. The predicted octanol–water partition coefficient (Wildman–Crippen LogP) is 4.02. The SMILES string of the molecule is CCCC1CCN(C(C)C(NC)c2ccc(CC)cc2)C1. The summed E-state index contributed by atoms with van der Waals surface area (Å²) in [6.45, 7) is 9.43. The lowest BCUT2D eigenvalue weighted by atomic mass is 9.97. The number of nitrogens with zero attached hydrogens (tertiary/aromatic N) is 1. The first kappa shape index (κ1) is 16.5. The van der Waals surface area contributed by atoms with E-state index in [1.807, 2.05) is 0 Å². The zero-order valence-electron chi connectivity index (χ0n) is 14.2. The lowest BCUT2D eigenvalue weighted by molar-refractivity contribution is 0.203. The summed E-state index contributed by atoms with van der Waals surface area (Å²) < 4.78 is 0. The molecule has 1 aliphatic heterocycles. The fourth-order valence-electron chi connectivity index (χ4n) is 3.73. The van der Waals surface area contributed by atoms with Gasteiger partial charge >= 0.3 is 0 Å². The van der Waals surface area contributed by atoms with Gasteiger partial charge in [0.05, 0.1) is 0 Å². The molecule has 0 saturated carbocycles. The lowest BCUT2D eigenvalue weighted by Crippen LogP contribution is -2.40. The lowest BCUT2D eigenvalue weighted by Gasteiger charge is -2.32. The van der Waals surface area contributed by atoms with Crippen LogP contribution in [0, 0.1) is 5.92 Å². The molecule has 2 rings (SSSR count). The van der Waals surface area contributed by atoms with Crippen molar-refractivity contribution in [2.24, 2.45) is 5.92 Å². The van der Waals surface area contributed by atoms with Gasteiger partial charge in [0.25, 0.3) is 0 Å². The zero-order valence-corrected chi connectivity index (χ0v) is 14.2. The average Bonchev–Trinajstić information content (AvgIpc) is 2.97. The highest BCUT2D eigenvalue weighted by Gasteiger charge is 2.29. The normalized spacial score (nSPS) is 22.4. The molecule has 3 unspecified atom stereocenters. The van der Waals surface area contributed by atoms with Crippen LogP contribution in [0.1, 0.15) is 57.2 Å². The number of nitrogens with one attached hydrogen (secondary N) is 1. The molecule has 1 fully saturated rings. The molecule has 0 aromatic heterocycles. The van der Waals surface area contributed by atoms with Crippen LogP contribution in [0.2, 0.25) is 0 Å². The topological polar surface area (TPSA) is 15.3 Å². The number of likely N-dealkylation sites (tertiary alicyclic amines) is 1. The summed E-state index contributed by atoms with van der Waals surface area (Å²) in [5.41, 5.74) is 2.84. The van der Waals surface area contributed by atoms with Gasteiger partial charge in [-0.1, -0.05) is 44.5 Å². The van der Waals surface area contributed by atoms with Crippen molar-refractivity contribution in [2.75, 3.05) is 20.1 Å². The van der Waals surface area contributed by atoms with Crippen molar-refractivity contribution in [3.05, 3.63) is 35.4 Å². The molecule has 2 nitrogen and oxygen atoms in total. The van der Waals surface area contributed by atoms with Crippen molar-refractivity contribution >= 4 is 0 Å². The molecule has 1 aliphatic rings. The van der Waals surface area contributed by atoms with Crippen LogP contribution < -0.4 is 5.32 Å². The molecule has 3 atom stereocenters. The second-order valence-electron chi connectivity index (χ2n) is 6.54. The maximum absolute atomic E-state index is 3.54. The quantitative estimate of drug-likeness (QED) is 0.815. The van der Waals surface area contributed by atoms with E-state index in [-0.39, 0.29) is 0 Å². The predicted molar refractivity (Wildman–Crippen MR) is 91.7 cm³/mol. The monoisotopic (exact) mass is 288 g/mol. The Kier molecular flexibility index (Phi) is 6.25. The van der Waals surface area contributed by atoms with Gasteiger partial charge in [0, 0.05) is 18.6 Å². The Bertz CT molecular complexity index is 412. The molecule has 0 radical (unpaired) electrons. The summed E-state index contributed by atoms with van der Waals surface area (Å²) in [4.78, 5) is 2.68. The van der Waals surface area contributed by atoms with Crippen LogP contribution in [0.25, 0.3) is 0 Å². The van der Waals surface area contributed by atoms with Crippen LogP contribution in [0.15, 0.2) is 24.3 Å². The van der Waals surface area contributed by atoms with E-state index >= 15 is 0 Å². The molecule has 0 aliphatic carbocycles. The molecule has 2 heteroatoms. The number of rotatable bonds is 7. The second-order valence-corrected chi connectivity index (χ2v) is 6.54. The fourth-order valence-corrected chi connectivity index (χ4v) is 3.73. The third-order valence-corrected chi connectivity index (χ3v) is 5.13. The molecular weight excluding hydrogens is 256 g/mol. The van der Waals surface area contributed by atoms with Crippen molar-refractivity contribution in [2.45, 2.75) is 58.5 Å². The average molecular weight is 288 g/mol. The molecular formula is C19H32N2. The molecule has 1 N–H and O–H groups in total. The van der Waals surface area contributed by atoms with Crippen LogP contribution >= 0.6 is 0 Å². The number of likely N-dealkylation sites (N-methyl/N-ethyl adjacent to an activating group) is 1. The van der Waals surface area contributed by atoms with Gasteiger partial charge in [-0.3, -0.25) is 4.90 Å². The van der Waals surface area contributed by atoms with E-state index in [4.69, 9.17) is 0 Å². The Morgan fingerprint density at radius 2 is 1.95 bits per heavy atom. The maximum atomic E-state index is 3.54. The van der Waals surface area contributed by atoms with E-state index in [0.717, 1.165) is 12.3 Å². The number of aryl methyl sites for hydroxylation is 1. The van der Waals surface area contributed by atoms with Crippen LogP contribution in [0.5, 0.6) is 0 Å². The Hall–Kier alpha value is -0.860. The Balaban J connectivity index is 2.02.